The third-order valence-electron chi connectivity index (χ3n) is 6.73. The number of halogens is 2. The molecule has 1 N–H and O–H groups in total. The fraction of sp³-hybridized carbons (Fsp3) is 0.615. The SMILES string of the molecule is CCCCc1ccc(-c2c(C)c(C(=O)NCC3CCC(C)CC3)nn2CC)c(OC(F)F)c1. The molecule has 0 unspecified atom stereocenters. The van der Waals surface area contributed by atoms with Crippen molar-refractivity contribution >= 4 is 5.91 Å². The van der Waals surface area contributed by atoms with Crippen LogP contribution in [0.25, 0.3) is 11.3 Å². The van der Waals surface area contributed by atoms with E-state index in [1.807, 2.05) is 26.0 Å². The first-order valence-electron chi connectivity index (χ1n) is 12.3. The van der Waals surface area contributed by atoms with E-state index < -0.39 is 6.61 Å². The van der Waals surface area contributed by atoms with E-state index in [4.69, 9.17) is 4.74 Å². The lowest BCUT2D eigenvalue weighted by Gasteiger charge is -2.26. The lowest BCUT2D eigenvalue weighted by molar-refractivity contribution is -0.0495. The van der Waals surface area contributed by atoms with Crippen LogP contribution in [0.3, 0.4) is 0 Å². The van der Waals surface area contributed by atoms with Crippen molar-refractivity contribution in [2.45, 2.75) is 85.8 Å². The second-order valence-corrected chi connectivity index (χ2v) is 9.29. The molecule has 1 aromatic carbocycles. The molecular weight excluding hydrogens is 424 g/mol. The molecule has 0 saturated heterocycles. The highest BCUT2D eigenvalue weighted by Crippen LogP contribution is 2.36. The van der Waals surface area contributed by atoms with Crippen molar-refractivity contribution in [3.8, 4) is 17.0 Å². The Balaban J connectivity index is 1.86. The molecule has 0 bridgehead atoms. The summed E-state index contributed by atoms with van der Waals surface area (Å²) >= 11 is 0. The van der Waals surface area contributed by atoms with Gasteiger partial charge in [0.2, 0.25) is 0 Å². The number of benzene rings is 1. The highest BCUT2D eigenvalue weighted by atomic mass is 19.3. The number of unbranched alkanes of at least 4 members (excludes halogenated alkanes) is 1. The van der Waals surface area contributed by atoms with Crippen LogP contribution in [-0.2, 0) is 13.0 Å². The molecule has 1 aliphatic rings. The second-order valence-electron chi connectivity index (χ2n) is 9.29. The first-order valence-corrected chi connectivity index (χ1v) is 12.3. The molecule has 1 heterocycles. The van der Waals surface area contributed by atoms with E-state index in [1.165, 1.54) is 12.8 Å². The zero-order valence-corrected chi connectivity index (χ0v) is 20.3. The van der Waals surface area contributed by atoms with Crippen LogP contribution in [0.15, 0.2) is 18.2 Å². The number of carbonyl (C=O) groups excluding carboxylic acids is 1. The Morgan fingerprint density at radius 1 is 1.24 bits per heavy atom. The molecule has 1 saturated carbocycles. The number of aryl methyl sites for hydroxylation is 2. The van der Waals surface area contributed by atoms with E-state index in [0.29, 0.717) is 41.5 Å². The minimum Gasteiger partial charge on any atom is -0.434 e. The van der Waals surface area contributed by atoms with Gasteiger partial charge in [0, 0.05) is 24.2 Å². The molecule has 182 valence electrons. The Bertz CT molecular complexity index is 934. The minimum atomic E-state index is -2.93. The molecule has 0 spiro atoms. The van der Waals surface area contributed by atoms with Crippen molar-refractivity contribution < 1.29 is 18.3 Å². The summed E-state index contributed by atoms with van der Waals surface area (Å²) in [7, 11) is 0. The highest BCUT2D eigenvalue weighted by molar-refractivity contribution is 5.95. The van der Waals surface area contributed by atoms with E-state index in [1.54, 1.807) is 10.7 Å². The van der Waals surface area contributed by atoms with Gasteiger partial charge in [0.15, 0.2) is 5.69 Å². The van der Waals surface area contributed by atoms with Gasteiger partial charge >= 0.3 is 6.61 Å². The Morgan fingerprint density at radius 2 is 1.97 bits per heavy atom. The van der Waals surface area contributed by atoms with Crippen LogP contribution in [-0.4, -0.2) is 28.8 Å². The maximum absolute atomic E-state index is 13.2. The first-order chi connectivity index (χ1) is 15.8. The summed E-state index contributed by atoms with van der Waals surface area (Å²) < 4.78 is 33.0. The quantitative estimate of drug-likeness (QED) is 0.447. The summed E-state index contributed by atoms with van der Waals surface area (Å²) in [6.45, 7) is 6.34. The number of ether oxygens (including phenoxy) is 1. The maximum Gasteiger partial charge on any atom is 0.387 e. The number of nitrogens with one attached hydrogen (secondary N) is 1. The summed E-state index contributed by atoms with van der Waals surface area (Å²) in [6.07, 6.45) is 7.47. The Labute approximate surface area is 195 Å². The van der Waals surface area contributed by atoms with Gasteiger partial charge in [-0.3, -0.25) is 9.48 Å². The van der Waals surface area contributed by atoms with Crippen molar-refractivity contribution in [3.05, 3.63) is 35.0 Å². The summed E-state index contributed by atoms with van der Waals surface area (Å²) in [5, 5.41) is 7.59. The van der Waals surface area contributed by atoms with Crippen LogP contribution in [0.1, 0.15) is 80.9 Å². The number of nitrogens with zero attached hydrogens (tertiary/aromatic N) is 2. The monoisotopic (exact) mass is 461 g/mol. The van der Waals surface area contributed by atoms with Gasteiger partial charge in [-0.2, -0.15) is 13.9 Å². The molecule has 1 aliphatic carbocycles. The average molecular weight is 462 g/mol. The standard InChI is InChI=1S/C26H37F2N3O2/c1-5-7-8-19-13-14-21(22(15-19)33-26(27)28)24-18(4)23(30-31(24)6-2)25(32)29-16-20-11-9-17(3)10-12-20/h13-15,17,20,26H,5-12,16H2,1-4H3,(H,29,32). The lowest BCUT2D eigenvalue weighted by atomic mass is 9.83. The van der Waals surface area contributed by atoms with E-state index in [2.05, 4.69) is 24.3 Å². The summed E-state index contributed by atoms with van der Waals surface area (Å²) in [4.78, 5) is 13.0. The molecule has 1 fully saturated rings. The number of hydrogen-bond acceptors (Lipinski definition) is 3. The van der Waals surface area contributed by atoms with Gasteiger partial charge in [-0.15, -0.1) is 0 Å². The number of carbonyl (C=O) groups is 1. The number of amides is 1. The Hall–Kier alpha value is -2.44. The fourth-order valence-corrected chi connectivity index (χ4v) is 4.68. The first kappa shape index (κ1) is 25.2. The average Bonchev–Trinajstić information content (AvgIpc) is 3.13. The smallest absolute Gasteiger partial charge is 0.387 e. The lowest BCUT2D eigenvalue weighted by Crippen LogP contribution is -2.31. The van der Waals surface area contributed by atoms with Crippen LogP contribution in [0, 0.1) is 18.8 Å². The molecule has 1 amide bonds. The van der Waals surface area contributed by atoms with Gasteiger partial charge in [0.1, 0.15) is 5.75 Å². The largest absolute Gasteiger partial charge is 0.434 e. The van der Waals surface area contributed by atoms with Crippen molar-refractivity contribution in [1.29, 1.82) is 0 Å². The molecule has 0 radical (unpaired) electrons. The van der Waals surface area contributed by atoms with Gasteiger partial charge in [-0.05, 0) is 69.1 Å². The summed E-state index contributed by atoms with van der Waals surface area (Å²) in [5.41, 5.74) is 3.15. The van der Waals surface area contributed by atoms with Gasteiger partial charge in [-0.1, -0.05) is 39.2 Å². The van der Waals surface area contributed by atoms with Crippen LogP contribution >= 0.6 is 0 Å². The van der Waals surface area contributed by atoms with Crippen LogP contribution in [0.2, 0.25) is 0 Å². The van der Waals surface area contributed by atoms with E-state index >= 15 is 0 Å². The third-order valence-corrected chi connectivity index (χ3v) is 6.73. The van der Waals surface area contributed by atoms with Crippen molar-refractivity contribution in [2.75, 3.05) is 6.54 Å². The van der Waals surface area contributed by atoms with E-state index in [-0.39, 0.29) is 11.7 Å². The Morgan fingerprint density at radius 3 is 2.61 bits per heavy atom. The summed E-state index contributed by atoms with van der Waals surface area (Å²) in [5.74, 6) is 1.18. The molecule has 0 aliphatic heterocycles. The molecule has 7 heteroatoms. The van der Waals surface area contributed by atoms with Crippen LogP contribution < -0.4 is 10.1 Å². The number of alkyl halides is 2. The predicted octanol–water partition coefficient (Wildman–Crippen LogP) is 6.38. The van der Waals surface area contributed by atoms with Crippen LogP contribution in [0.5, 0.6) is 5.75 Å². The molecular formula is C26H37F2N3O2. The zero-order valence-electron chi connectivity index (χ0n) is 20.3. The molecule has 0 atom stereocenters. The molecule has 1 aromatic heterocycles. The topological polar surface area (TPSA) is 56.2 Å². The highest BCUT2D eigenvalue weighted by Gasteiger charge is 2.25. The minimum absolute atomic E-state index is 0.125. The zero-order chi connectivity index (χ0) is 24.0. The summed E-state index contributed by atoms with van der Waals surface area (Å²) in [6, 6.07) is 5.44. The van der Waals surface area contributed by atoms with Crippen molar-refractivity contribution in [3.63, 3.8) is 0 Å². The second kappa shape index (κ2) is 11.6. The van der Waals surface area contributed by atoms with E-state index in [9.17, 15) is 13.6 Å². The van der Waals surface area contributed by atoms with Gasteiger partial charge < -0.3 is 10.1 Å². The molecule has 33 heavy (non-hydrogen) atoms. The van der Waals surface area contributed by atoms with Crippen LogP contribution in [0.4, 0.5) is 8.78 Å². The van der Waals surface area contributed by atoms with Gasteiger partial charge in [-0.25, -0.2) is 0 Å². The Kier molecular flexibility index (Phi) is 8.87. The number of hydrogen-bond donors (Lipinski definition) is 1. The maximum atomic E-state index is 13.2. The molecule has 5 nitrogen and oxygen atoms in total. The van der Waals surface area contributed by atoms with E-state index in [0.717, 1.165) is 43.6 Å². The molecule has 3 rings (SSSR count). The van der Waals surface area contributed by atoms with Crippen molar-refractivity contribution in [2.24, 2.45) is 11.8 Å². The number of rotatable bonds is 10. The number of aromatic nitrogens is 2. The van der Waals surface area contributed by atoms with Gasteiger partial charge in [0.05, 0.1) is 5.69 Å². The normalized spacial score (nSPS) is 18.5. The molecule has 2 aromatic rings. The fourth-order valence-electron chi connectivity index (χ4n) is 4.68. The van der Waals surface area contributed by atoms with Crippen molar-refractivity contribution in [1.82, 2.24) is 15.1 Å². The van der Waals surface area contributed by atoms with Gasteiger partial charge in [0.25, 0.3) is 5.91 Å². The third kappa shape index (κ3) is 6.33. The predicted molar refractivity (Wildman–Crippen MR) is 127 cm³/mol.